The van der Waals surface area contributed by atoms with Gasteiger partial charge in [-0.3, -0.25) is 18.2 Å². The van der Waals surface area contributed by atoms with Crippen molar-refractivity contribution in [2.75, 3.05) is 0 Å². The van der Waals surface area contributed by atoms with Crippen molar-refractivity contribution < 1.29 is 51.9 Å². The van der Waals surface area contributed by atoms with Gasteiger partial charge in [-0.2, -0.15) is 33.7 Å². The average molecular weight is 971 g/mol. The Kier molecular flexibility index (Phi) is 12.5. The minimum Gasteiger partial charge on any atom is -0.282 e. The molecule has 0 unspecified atom stereocenters. The minimum atomic E-state index is -4.71. The highest BCUT2D eigenvalue weighted by Gasteiger charge is 2.28. The average Bonchev–Trinajstić information content (AvgIpc) is 3.26. The Hall–Kier alpha value is -5.22. The van der Waals surface area contributed by atoms with Gasteiger partial charge in [0.1, 0.15) is 0 Å². The number of hydrogen-bond donors (Lipinski definition) is 4. The second-order valence-corrected chi connectivity index (χ2v) is 24.8. The molecule has 0 aliphatic rings. The summed E-state index contributed by atoms with van der Waals surface area (Å²) < 4.78 is 141. The fraction of sp³-hybridized carbons (Fsp3) is 0.0435. The molecule has 0 atom stereocenters. The highest BCUT2D eigenvalue weighted by Crippen LogP contribution is 2.49. The maximum Gasteiger partial charge on any atom is 0.294 e. The molecule has 0 spiro atoms. The van der Waals surface area contributed by atoms with E-state index in [-0.39, 0.29) is 22.1 Å². The molecule has 0 amide bonds. The maximum atomic E-state index is 12.6. The van der Waals surface area contributed by atoms with Gasteiger partial charge < -0.3 is 0 Å². The molecule has 8 rings (SSSR count). The molecule has 0 fully saturated rings. The molecule has 0 saturated carbocycles. The Morgan fingerprint density at radius 2 is 0.719 bits per heavy atom. The minimum absolute atomic E-state index is 0.108. The van der Waals surface area contributed by atoms with E-state index in [1.165, 1.54) is 72.8 Å². The summed E-state index contributed by atoms with van der Waals surface area (Å²) in [6.07, 6.45) is 0.230. The van der Waals surface area contributed by atoms with E-state index in [1.807, 2.05) is 72.8 Å². The van der Waals surface area contributed by atoms with Crippen molar-refractivity contribution in [1.29, 1.82) is 0 Å². The quantitative estimate of drug-likeness (QED) is 0.0640. The number of rotatable bonds is 13. The van der Waals surface area contributed by atoms with Gasteiger partial charge in [0, 0.05) is 12.3 Å². The molecule has 0 aromatic heterocycles. The molecular weight excluding hydrogens is 935 g/mol. The highest BCUT2D eigenvalue weighted by atomic mass is 32.2. The zero-order valence-electron chi connectivity index (χ0n) is 33.2. The van der Waals surface area contributed by atoms with Gasteiger partial charge in [-0.15, -0.1) is 0 Å². The van der Waals surface area contributed by atoms with Gasteiger partial charge in [-0.05, 0) is 129 Å². The first-order chi connectivity index (χ1) is 30.3. The van der Waals surface area contributed by atoms with Crippen molar-refractivity contribution in [3.63, 3.8) is 0 Å². The molecular formula is C46H36O12P2S4. The van der Waals surface area contributed by atoms with Crippen molar-refractivity contribution in [3.05, 3.63) is 181 Å². The van der Waals surface area contributed by atoms with E-state index in [0.29, 0.717) is 26.8 Å². The summed E-state index contributed by atoms with van der Waals surface area (Å²) in [6, 6.07) is 46.1. The van der Waals surface area contributed by atoms with Crippen LogP contribution in [-0.2, 0) is 52.8 Å². The summed E-state index contributed by atoms with van der Waals surface area (Å²) in [7, 11) is -22.4. The molecule has 0 aliphatic carbocycles. The van der Waals surface area contributed by atoms with Crippen LogP contribution < -0.4 is 21.2 Å². The molecule has 8 aromatic rings. The van der Waals surface area contributed by atoms with E-state index in [2.05, 4.69) is 0 Å². The van der Waals surface area contributed by atoms with Crippen LogP contribution in [0.5, 0.6) is 0 Å². The van der Waals surface area contributed by atoms with Gasteiger partial charge in [-0.25, -0.2) is 0 Å². The van der Waals surface area contributed by atoms with Crippen LogP contribution in [0.15, 0.2) is 189 Å². The smallest absolute Gasteiger partial charge is 0.282 e. The Morgan fingerprint density at radius 1 is 0.359 bits per heavy atom. The van der Waals surface area contributed by atoms with Gasteiger partial charge >= 0.3 is 0 Å². The highest BCUT2D eigenvalue weighted by molar-refractivity contribution is 7.86. The molecule has 0 saturated heterocycles. The fourth-order valence-corrected chi connectivity index (χ4v) is 15.1. The van der Waals surface area contributed by atoms with Crippen molar-refractivity contribution in [2.24, 2.45) is 0 Å². The summed E-state index contributed by atoms with van der Waals surface area (Å²) in [5, 5.41) is 5.20. The number of hydrogen-bond acceptors (Lipinski definition) is 8. The van der Waals surface area contributed by atoms with Crippen molar-refractivity contribution >= 4 is 99.1 Å². The lowest BCUT2D eigenvalue weighted by Crippen LogP contribution is -2.18. The van der Waals surface area contributed by atoms with Crippen LogP contribution in [0, 0.1) is 0 Å². The first kappa shape index (κ1) is 45.4. The van der Waals surface area contributed by atoms with Gasteiger partial charge in [-0.1, -0.05) is 121 Å². The van der Waals surface area contributed by atoms with E-state index in [1.54, 1.807) is 24.3 Å². The lowest BCUT2D eigenvalue weighted by atomic mass is 9.88. The van der Waals surface area contributed by atoms with Gasteiger partial charge in [0.25, 0.3) is 40.5 Å². The zero-order valence-corrected chi connectivity index (χ0v) is 38.2. The molecule has 0 bridgehead atoms. The van der Waals surface area contributed by atoms with Crippen LogP contribution in [0.4, 0.5) is 0 Å². The van der Waals surface area contributed by atoms with Crippen molar-refractivity contribution in [1.82, 2.24) is 0 Å². The van der Waals surface area contributed by atoms with E-state index < -0.39 is 66.1 Å². The third-order valence-electron chi connectivity index (χ3n) is 10.7. The van der Waals surface area contributed by atoms with Gasteiger partial charge in [0.05, 0.1) is 19.6 Å². The van der Waals surface area contributed by atoms with Crippen LogP contribution in [-0.4, -0.2) is 51.9 Å². The molecule has 326 valence electrons. The zero-order chi connectivity index (χ0) is 45.6. The van der Waals surface area contributed by atoms with Crippen molar-refractivity contribution in [2.45, 2.75) is 31.9 Å². The monoisotopic (exact) mass is 970 g/mol. The van der Waals surface area contributed by atoms with Gasteiger partial charge in [0.2, 0.25) is 0 Å². The second kappa shape index (κ2) is 17.6. The third-order valence-corrected chi connectivity index (χ3v) is 19.0. The standard InChI is InChI=1S/C46H36O12P2S4/c47-61(48,49)38-17-6-13-34(25-38)59(35-14-7-18-39(26-35)62(50,51)52)29-33-24-32-11-2-4-22-43(32)46(44-23-5-12-31-10-1-3-21-42(31)44)45(33)30-60(36-15-8-19-40(27-36)63(53,54)55)37-16-9-20-41(28-37)64(56,57)58/h1-28H,29-30H2,(H,47,48,49)(H,50,51,52)(H,53,54,55)(H,56,57,58). The summed E-state index contributed by atoms with van der Waals surface area (Å²) >= 11 is 0. The van der Waals surface area contributed by atoms with Crippen LogP contribution in [0.1, 0.15) is 11.1 Å². The lowest BCUT2D eigenvalue weighted by Gasteiger charge is -2.27. The maximum absolute atomic E-state index is 12.6. The lowest BCUT2D eigenvalue weighted by molar-refractivity contribution is 0.481. The third kappa shape index (κ3) is 9.73. The SMILES string of the molecule is O=S(=O)(O)c1cccc(P(Cc2cc3ccccc3c(-c3cccc4ccccc34)c2CP(c2cccc(S(=O)(=O)O)c2)c2cccc(S(=O)(=O)O)c2)c2cccc(S(=O)(=O)O)c2)c1. The Morgan fingerprint density at radius 3 is 1.16 bits per heavy atom. The summed E-state index contributed by atoms with van der Waals surface area (Å²) in [5.41, 5.74) is 3.03. The molecule has 4 N–H and O–H groups in total. The van der Waals surface area contributed by atoms with Crippen LogP contribution in [0.2, 0.25) is 0 Å². The van der Waals surface area contributed by atoms with Crippen LogP contribution >= 0.6 is 15.8 Å². The molecule has 8 aromatic carbocycles. The normalized spacial score (nSPS) is 12.7. The predicted octanol–water partition coefficient (Wildman–Crippen LogP) is 7.91. The Balaban J connectivity index is 1.48. The van der Waals surface area contributed by atoms with Crippen molar-refractivity contribution in [3.8, 4) is 11.1 Å². The number of fused-ring (bicyclic) bond motifs is 2. The molecule has 0 aliphatic heterocycles. The van der Waals surface area contributed by atoms with E-state index >= 15 is 0 Å². The topological polar surface area (TPSA) is 217 Å². The van der Waals surface area contributed by atoms with Crippen LogP contribution in [0.3, 0.4) is 0 Å². The molecule has 0 radical (unpaired) electrons. The second-order valence-electron chi connectivity index (χ2n) is 14.7. The van der Waals surface area contributed by atoms with E-state index in [9.17, 15) is 51.9 Å². The van der Waals surface area contributed by atoms with Gasteiger partial charge in [0.15, 0.2) is 0 Å². The molecule has 18 heteroatoms. The van der Waals surface area contributed by atoms with E-state index in [0.717, 1.165) is 38.2 Å². The predicted molar refractivity (Wildman–Crippen MR) is 252 cm³/mol. The fourth-order valence-electron chi connectivity index (χ4n) is 7.76. The first-order valence-electron chi connectivity index (χ1n) is 19.1. The molecule has 12 nitrogen and oxygen atoms in total. The molecule has 0 heterocycles. The Bertz CT molecular complexity index is 3450. The Labute approximate surface area is 372 Å². The summed E-state index contributed by atoms with van der Waals surface area (Å²) in [5.74, 6) is 0. The first-order valence-corrected chi connectivity index (χ1v) is 27.9. The molecule has 64 heavy (non-hydrogen) atoms. The summed E-state index contributed by atoms with van der Waals surface area (Å²) in [4.78, 5) is -1.56. The number of benzene rings is 8. The largest absolute Gasteiger partial charge is 0.294 e. The van der Waals surface area contributed by atoms with E-state index in [4.69, 9.17) is 0 Å². The van der Waals surface area contributed by atoms with Crippen LogP contribution in [0.25, 0.3) is 32.7 Å². The summed E-state index contributed by atoms with van der Waals surface area (Å²) in [6.45, 7) is 0.